The van der Waals surface area contributed by atoms with Crippen LogP contribution in [0.2, 0.25) is 0 Å². The van der Waals surface area contributed by atoms with Crippen LogP contribution in [0.4, 0.5) is 0 Å². The molecule has 0 bridgehead atoms. The molecule has 0 amide bonds. The Morgan fingerprint density at radius 3 is 1.57 bits per heavy atom. The second-order valence-corrected chi connectivity index (χ2v) is 7.73. The first-order valence-electron chi connectivity index (χ1n) is 10.2. The molecule has 1 heteroatoms. The van der Waals surface area contributed by atoms with Crippen molar-refractivity contribution in [1.82, 2.24) is 0 Å². The lowest BCUT2D eigenvalue weighted by molar-refractivity contribution is 0.527. The zero-order valence-corrected chi connectivity index (χ0v) is 16.3. The largest absolute Gasteiger partial charge is 0.325 e. The molecule has 0 rings (SSSR count). The normalized spacial score (nSPS) is 12.7. The van der Waals surface area contributed by atoms with Gasteiger partial charge in [0.05, 0.1) is 0 Å². The SMILES string of the molecule is CCCCCCCCCCCCCCC=CC=CCC(C)(C)N. The molecule has 2 N–H and O–H groups in total. The number of nitrogens with two attached hydrogens (primary N) is 1. The summed E-state index contributed by atoms with van der Waals surface area (Å²) in [6, 6.07) is 0. The minimum absolute atomic E-state index is 0.0835. The Kier molecular flexibility index (Phi) is 15.9. The van der Waals surface area contributed by atoms with Crippen molar-refractivity contribution in [3.05, 3.63) is 24.3 Å². The van der Waals surface area contributed by atoms with Crippen molar-refractivity contribution >= 4 is 0 Å². The first kappa shape index (κ1) is 22.4. The van der Waals surface area contributed by atoms with Crippen molar-refractivity contribution < 1.29 is 0 Å². The molecule has 0 aliphatic heterocycles. The van der Waals surface area contributed by atoms with Crippen LogP contribution in [-0.2, 0) is 0 Å². The maximum Gasteiger partial charge on any atom is 0.0132 e. The van der Waals surface area contributed by atoms with Gasteiger partial charge in [-0.2, -0.15) is 0 Å². The van der Waals surface area contributed by atoms with Crippen molar-refractivity contribution in [2.45, 2.75) is 116 Å². The lowest BCUT2D eigenvalue weighted by atomic mass is 10.0. The van der Waals surface area contributed by atoms with E-state index in [0.29, 0.717) is 0 Å². The Balaban J connectivity index is 3.18. The van der Waals surface area contributed by atoms with Crippen molar-refractivity contribution in [2.75, 3.05) is 0 Å². The third-order valence-electron chi connectivity index (χ3n) is 4.25. The lowest BCUT2D eigenvalue weighted by Gasteiger charge is -2.14. The van der Waals surface area contributed by atoms with Gasteiger partial charge >= 0.3 is 0 Å². The molecule has 0 spiro atoms. The Bertz CT molecular complexity index is 283. The summed E-state index contributed by atoms with van der Waals surface area (Å²) in [6.07, 6.45) is 28.0. The lowest BCUT2D eigenvalue weighted by Crippen LogP contribution is -2.30. The van der Waals surface area contributed by atoms with Crippen molar-refractivity contribution in [3.63, 3.8) is 0 Å². The summed E-state index contributed by atoms with van der Waals surface area (Å²) in [6.45, 7) is 6.41. The van der Waals surface area contributed by atoms with Crippen LogP contribution in [-0.4, -0.2) is 5.54 Å². The molecule has 136 valence electrons. The first-order valence-corrected chi connectivity index (χ1v) is 10.2. The second-order valence-electron chi connectivity index (χ2n) is 7.73. The monoisotopic (exact) mass is 321 g/mol. The molecule has 0 aliphatic rings. The van der Waals surface area contributed by atoms with Gasteiger partial charge in [-0.25, -0.2) is 0 Å². The number of rotatable bonds is 16. The number of unbranched alkanes of at least 4 members (excludes halogenated alkanes) is 12. The fourth-order valence-electron chi connectivity index (χ4n) is 2.73. The molecule has 0 saturated heterocycles. The van der Waals surface area contributed by atoms with Gasteiger partial charge in [0, 0.05) is 5.54 Å². The van der Waals surface area contributed by atoms with E-state index in [-0.39, 0.29) is 5.54 Å². The highest BCUT2D eigenvalue weighted by Crippen LogP contribution is 2.12. The van der Waals surface area contributed by atoms with Crippen LogP contribution in [0, 0.1) is 0 Å². The van der Waals surface area contributed by atoms with E-state index in [1.54, 1.807) is 0 Å². The Morgan fingerprint density at radius 2 is 1.09 bits per heavy atom. The van der Waals surface area contributed by atoms with Gasteiger partial charge in [0.25, 0.3) is 0 Å². The number of allylic oxidation sites excluding steroid dienone is 3. The van der Waals surface area contributed by atoms with Crippen LogP contribution in [0.3, 0.4) is 0 Å². The molecule has 0 unspecified atom stereocenters. The van der Waals surface area contributed by atoms with Gasteiger partial charge in [-0.05, 0) is 33.1 Å². The van der Waals surface area contributed by atoms with E-state index in [1.807, 2.05) is 0 Å². The molecule has 0 aromatic rings. The van der Waals surface area contributed by atoms with Crippen LogP contribution in [0.1, 0.15) is 111 Å². The van der Waals surface area contributed by atoms with E-state index in [0.717, 1.165) is 6.42 Å². The van der Waals surface area contributed by atoms with Gasteiger partial charge in [0.2, 0.25) is 0 Å². The minimum Gasteiger partial charge on any atom is -0.325 e. The average Bonchev–Trinajstić information content (AvgIpc) is 2.49. The molecule has 0 atom stereocenters. The van der Waals surface area contributed by atoms with Crippen molar-refractivity contribution in [3.8, 4) is 0 Å². The van der Waals surface area contributed by atoms with Crippen LogP contribution in [0.25, 0.3) is 0 Å². The zero-order chi connectivity index (χ0) is 17.2. The first-order chi connectivity index (χ1) is 11.1. The Morgan fingerprint density at radius 1 is 0.652 bits per heavy atom. The molecule has 1 nitrogen and oxygen atoms in total. The Hall–Kier alpha value is -0.560. The van der Waals surface area contributed by atoms with E-state index >= 15 is 0 Å². The Labute approximate surface area is 146 Å². The third kappa shape index (κ3) is 21.4. The van der Waals surface area contributed by atoms with Gasteiger partial charge < -0.3 is 5.73 Å². The highest BCUT2D eigenvalue weighted by atomic mass is 14.7. The van der Waals surface area contributed by atoms with E-state index in [9.17, 15) is 0 Å². The fourth-order valence-corrected chi connectivity index (χ4v) is 2.73. The molecular weight excluding hydrogens is 278 g/mol. The summed E-state index contributed by atoms with van der Waals surface area (Å²) >= 11 is 0. The quantitative estimate of drug-likeness (QED) is 0.234. The van der Waals surface area contributed by atoms with Crippen LogP contribution >= 0.6 is 0 Å². The second kappa shape index (κ2) is 16.3. The summed E-state index contributed by atoms with van der Waals surface area (Å²) in [5.74, 6) is 0. The fraction of sp³-hybridized carbons (Fsp3) is 0.818. The van der Waals surface area contributed by atoms with E-state index < -0.39 is 0 Å². The summed E-state index contributed by atoms with van der Waals surface area (Å²) in [5.41, 5.74) is 5.84. The van der Waals surface area contributed by atoms with E-state index in [2.05, 4.69) is 45.1 Å². The van der Waals surface area contributed by atoms with Gasteiger partial charge in [-0.15, -0.1) is 0 Å². The summed E-state index contributed by atoms with van der Waals surface area (Å²) < 4.78 is 0. The molecule has 0 fully saturated rings. The zero-order valence-electron chi connectivity index (χ0n) is 16.3. The molecule has 0 radical (unpaired) electrons. The van der Waals surface area contributed by atoms with Crippen LogP contribution in [0.15, 0.2) is 24.3 Å². The summed E-state index contributed by atoms with van der Waals surface area (Å²) in [7, 11) is 0. The predicted octanol–water partition coefficient (Wildman–Crippen LogP) is 7.32. The summed E-state index contributed by atoms with van der Waals surface area (Å²) in [4.78, 5) is 0. The molecule has 0 aromatic heterocycles. The van der Waals surface area contributed by atoms with Crippen molar-refractivity contribution in [2.24, 2.45) is 5.73 Å². The highest BCUT2D eigenvalue weighted by Gasteiger charge is 2.05. The van der Waals surface area contributed by atoms with Gasteiger partial charge in [0.15, 0.2) is 0 Å². The minimum atomic E-state index is -0.0835. The maximum absolute atomic E-state index is 5.93. The molecule has 0 saturated carbocycles. The summed E-state index contributed by atoms with van der Waals surface area (Å²) in [5, 5.41) is 0. The van der Waals surface area contributed by atoms with Gasteiger partial charge in [-0.3, -0.25) is 0 Å². The third-order valence-corrected chi connectivity index (χ3v) is 4.25. The van der Waals surface area contributed by atoms with E-state index in [1.165, 1.54) is 83.5 Å². The maximum atomic E-state index is 5.93. The molecular formula is C22H43N. The highest BCUT2D eigenvalue weighted by molar-refractivity contribution is 5.04. The molecule has 0 aliphatic carbocycles. The average molecular weight is 322 g/mol. The molecule has 23 heavy (non-hydrogen) atoms. The number of hydrogen-bond acceptors (Lipinski definition) is 1. The van der Waals surface area contributed by atoms with Crippen molar-refractivity contribution in [1.29, 1.82) is 0 Å². The van der Waals surface area contributed by atoms with Crippen LogP contribution in [0.5, 0.6) is 0 Å². The van der Waals surface area contributed by atoms with Gasteiger partial charge in [-0.1, -0.05) is 102 Å². The topological polar surface area (TPSA) is 26.0 Å². The smallest absolute Gasteiger partial charge is 0.0132 e. The van der Waals surface area contributed by atoms with Gasteiger partial charge in [0.1, 0.15) is 0 Å². The van der Waals surface area contributed by atoms with Crippen LogP contribution < -0.4 is 5.73 Å². The predicted molar refractivity (Wildman–Crippen MR) is 107 cm³/mol. The van der Waals surface area contributed by atoms with E-state index in [4.69, 9.17) is 5.73 Å². The standard InChI is InChI=1S/C22H43N/c1-4-5-6-7-8-9-10-11-12-13-14-15-16-17-18-19-20-21-22(2,3)23/h17-20H,4-16,21,23H2,1-3H3. The molecule has 0 aromatic carbocycles. The number of hydrogen-bond donors (Lipinski definition) is 1. The molecule has 0 heterocycles.